The summed E-state index contributed by atoms with van der Waals surface area (Å²) in [6.07, 6.45) is 5.48. The van der Waals surface area contributed by atoms with E-state index in [9.17, 15) is 0 Å². The van der Waals surface area contributed by atoms with Crippen molar-refractivity contribution < 1.29 is 0 Å². The Morgan fingerprint density at radius 2 is 1.79 bits per heavy atom. The van der Waals surface area contributed by atoms with Crippen molar-refractivity contribution in [2.45, 2.75) is 58.5 Å². The second kappa shape index (κ2) is 7.61. The summed E-state index contributed by atoms with van der Waals surface area (Å²) in [5.41, 5.74) is 0. The smallest absolute Gasteiger partial charge is 0.0113 e. The first kappa shape index (κ1) is 15.3. The van der Waals surface area contributed by atoms with Crippen molar-refractivity contribution in [1.29, 1.82) is 0 Å². The molecule has 0 aromatic heterocycles. The summed E-state index contributed by atoms with van der Waals surface area (Å²) in [4.78, 5) is 5.37. The fraction of sp³-hybridized carbons (Fsp3) is 1.00. The molecule has 2 fully saturated rings. The Morgan fingerprint density at radius 1 is 1.11 bits per heavy atom. The Kier molecular flexibility index (Phi) is 6.11. The molecule has 2 rings (SSSR count). The van der Waals surface area contributed by atoms with Gasteiger partial charge in [-0.1, -0.05) is 6.92 Å². The molecule has 2 aliphatic rings. The second-order valence-electron chi connectivity index (χ2n) is 6.72. The average molecular weight is 267 g/mol. The van der Waals surface area contributed by atoms with Crippen LogP contribution >= 0.6 is 0 Å². The fourth-order valence-corrected chi connectivity index (χ4v) is 3.19. The summed E-state index contributed by atoms with van der Waals surface area (Å²) in [6, 6.07) is 1.38. The van der Waals surface area contributed by atoms with Gasteiger partial charge in [0.1, 0.15) is 0 Å². The van der Waals surface area contributed by atoms with E-state index in [4.69, 9.17) is 0 Å². The van der Waals surface area contributed by atoms with E-state index in [1.165, 1.54) is 58.4 Å². The molecule has 1 saturated carbocycles. The van der Waals surface area contributed by atoms with Crippen LogP contribution < -0.4 is 5.32 Å². The summed E-state index contributed by atoms with van der Waals surface area (Å²) >= 11 is 0. The van der Waals surface area contributed by atoms with Crippen LogP contribution in [0.2, 0.25) is 0 Å². The lowest BCUT2D eigenvalue weighted by molar-refractivity contribution is 0.0923. The van der Waals surface area contributed by atoms with Crippen molar-refractivity contribution in [3.63, 3.8) is 0 Å². The number of hydrogen-bond acceptors (Lipinski definition) is 3. The molecule has 0 aromatic rings. The molecule has 1 aliphatic heterocycles. The molecule has 3 heteroatoms. The summed E-state index contributed by atoms with van der Waals surface area (Å²) in [7, 11) is 0. The van der Waals surface area contributed by atoms with E-state index in [0.29, 0.717) is 6.04 Å². The zero-order chi connectivity index (χ0) is 13.7. The SMILES string of the molecule is CCCNC(C)CC(C)N1CCN(CC2CC2)CC1. The van der Waals surface area contributed by atoms with Crippen LogP contribution in [0, 0.1) is 5.92 Å². The molecule has 0 aromatic carbocycles. The Bertz CT molecular complexity index is 244. The third-order valence-electron chi connectivity index (χ3n) is 4.68. The monoisotopic (exact) mass is 267 g/mol. The molecule has 0 amide bonds. The molecule has 1 heterocycles. The van der Waals surface area contributed by atoms with Gasteiger partial charge < -0.3 is 10.2 Å². The number of piperazine rings is 1. The molecule has 112 valence electrons. The Labute approximate surface area is 119 Å². The average Bonchev–Trinajstić information content (AvgIpc) is 3.21. The van der Waals surface area contributed by atoms with Gasteiger partial charge in [-0.2, -0.15) is 0 Å². The third kappa shape index (κ3) is 5.41. The molecule has 0 spiro atoms. The molecule has 0 bridgehead atoms. The highest BCUT2D eigenvalue weighted by Crippen LogP contribution is 2.30. The van der Waals surface area contributed by atoms with Crippen molar-refractivity contribution >= 4 is 0 Å². The maximum absolute atomic E-state index is 3.61. The number of rotatable bonds is 8. The number of nitrogens with one attached hydrogen (secondary N) is 1. The van der Waals surface area contributed by atoms with Gasteiger partial charge in [0.05, 0.1) is 0 Å². The fourth-order valence-electron chi connectivity index (χ4n) is 3.19. The predicted molar refractivity (Wildman–Crippen MR) is 82.6 cm³/mol. The molecule has 3 nitrogen and oxygen atoms in total. The summed E-state index contributed by atoms with van der Waals surface area (Å²) in [5, 5.41) is 3.61. The molecule has 1 N–H and O–H groups in total. The van der Waals surface area contributed by atoms with Crippen LogP contribution in [0.25, 0.3) is 0 Å². The van der Waals surface area contributed by atoms with Gasteiger partial charge in [0.2, 0.25) is 0 Å². The zero-order valence-electron chi connectivity index (χ0n) is 13.2. The quantitative estimate of drug-likeness (QED) is 0.727. The van der Waals surface area contributed by atoms with Gasteiger partial charge in [0.15, 0.2) is 0 Å². The minimum atomic E-state index is 0.652. The Balaban J connectivity index is 1.62. The van der Waals surface area contributed by atoms with Gasteiger partial charge in [-0.3, -0.25) is 4.90 Å². The predicted octanol–water partition coefficient (Wildman–Crippen LogP) is 2.18. The first-order chi connectivity index (χ1) is 9.19. The van der Waals surface area contributed by atoms with Crippen LogP contribution in [0.15, 0.2) is 0 Å². The van der Waals surface area contributed by atoms with Crippen LogP contribution in [0.3, 0.4) is 0 Å². The molecule has 2 unspecified atom stereocenters. The van der Waals surface area contributed by atoms with Crippen molar-refractivity contribution in [3.05, 3.63) is 0 Å². The molecule has 2 atom stereocenters. The van der Waals surface area contributed by atoms with E-state index >= 15 is 0 Å². The van der Waals surface area contributed by atoms with Gasteiger partial charge in [-0.15, -0.1) is 0 Å². The number of nitrogens with zero attached hydrogens (tertiary/aromatic N) is 2. The van der Waals surface area contributed by atoms with Gasteiger partial charge >= 0.3 is 0 Å². The van der Waals surface area contributed by atoms with Gasteiger partial charge in [-0.05, 0) is 52.0 Å². The zero-order valence-corrected chi connectivity index (χ0v) is 13.2. The topological polar surface area (TPSA) is 18.5 Å². The lowest BCUT2D eigenvalue weighted by Crippen LogP contribution is -2.51. The first-order valence-electron chi connectivity index (χ1n) is 8.38. The first-order valence-corrected chi connectivity index (χ1v) is 8.38. The molecule has 19 heavy (non-hydrogen) atoms. The lowest BCUT2D eigenvalue weighted by atomic mass is 10.1. The standard InChI is InChI=1S/C16H33N3/c1-4-7-17-14(2)12-15(3)19-10-8-18(9-11-19)13-16-5-6-16/h14-17H,4-13H2,1-3H3. The molecule has 1 aliphatic carbocycles. The largest absolute Gasteiger partial charge is 0.314 e. The van der Waals surface area contributed by atoms with Crippen molar-refractivity contribution in [1.82, 2.24) is 15.1 Å². The highest BCUT2D eigenvalue weighted by molar-refractivity contribution is 4.83. The Hall–Kier alpha value is -0.120. The van der Waals surface area contributed by atoms with Crippen LogP contribution in [0.1, 0.15) is 46.5 Å². The lowest BCUT2D eigenvalue weighted by Gasteiger charge is -2.39. The van der Waals surface area contributed by atoms with Crippen LogP contribution in [-0.2, 0) is 0 Å². The normalized spacial score (nSPS) is 25.4. The Morgan fingerprint density at radius 3 is 2.37 bits per heavy atom. The number of hydrogen-bond donors (Lipinski definition) is 1. The van der Waals surface area contributed by atoms with Crippen LogP contribution in [0.4, 0.5) is 0 Å². The van der Waals surface area contributed by atoms with E-state index in [1.807, 2.05) is 0 Å². The van der Waals surface area contributed by atoms with Crippen molar-refractivity contribution in [2.75, 3.05) is 39.3 Å². The van der Waals surface area contributed by atoms with Gasteiger partial charge in [0, 0.05) is 44.8 Å². The molecular formula is C16H33N3. The van der Waals surface area contributed by atoms with Gasteiger partial charge in [0.25, 0.3) is 0 Å². The summed E-state index contributed by atoms with van der Waals surface area (Å²) in [6.45, 7) is 14.6. The molecular weight excluding hydrogens is 234 g/mol. The summed E-state index contributed by atoms with van der Waals surface area (Å²) in [5.74, 6) is 1.04. The molecule has 1 saturated heterocycles. The van der Waals surface area contributed by atoms with Crippen molar-refractivity contribution in [3.8, 4) is 0 Å². The highest BCUT2D eigenvalue weighted by Gasteiger charge is 2.27. The maximum Gasteiger partial charge on any atom is 0.0113 e. The van der Waals surface area contributed by atoms with E-state index in [-0.39, 0.29) is 0 Å². The molecule has 0 radical (unpaired) electrons. The van der Waals surface area contributed by atoms with E-state index in [0.717, 1.165) is 18.5 Å². The van der Waals surface area contributed by atoms with Crippen LogP contribution in [0.5, 0.6) is 0 Å². The van der Waals surface area contributed by atoms with Gasteiger partial charge in [-0.25, -0.2) is 0 Å². The van der Waals surface area contributed by atoms with Crippen LogP contribution in [-0.4, -0.2) is 61.2 Å². The minimum absolute atomic E-state index is 0.652. The minimum Gasteiger partial charge on any atom is -0.314 e. The van der Waals surface area contributed by atoms with E-state index < -0.39 is 0 Å². The highest BCUT2D eigenvalue weighted by atomic mass is 15.3. The van der Waals surface area contributed by atoms with E-state index in [2.05, 4.69) is 35.9 Å². The second-order valence-corrected chi connectivity index (χ2v) is 6.72. The summed E-state index contributed by atoms with van der Waals surface area (Å²) < 4.78 is 0. The maximum atomic E-state index is 3.61. The van der Waals surface area contributed by atoms with Crippen molar-refractivity contribution in [2.24, 2.45) is 5.92 Å². The third-order valence-corrected chi connectivity index (χ3v) is 4.68. The van der Waals surface area contributed by atoms with E-state index in [1.54, 1.807) is 0 Å².